The molecule has 0 saturated heterocycles. The van der Waals surface area contributed by atoms with Crippen molar-refractivity contribution in [1.29, 1.82) is 0 Å². The van der Waals surface area contributed by atoms with Crippen LogP contribution in [0.5, 0.6) is 5.75 Å². The molecule has 0 aliphatic carbocycles. The van der Waals surface area contributed by atoms with E-state index in [1.165, 1.54) is 16.7 Å². The van der Waals surface area contributed by atoms with Crippen molar-refractivity contribution in [3.8, 4) is 5.75 Å². The second-order valence-electron chi connectivity index (χ2n) is 4.87. The van der Waals surface area contributed by atoms with Gasteiger partial charge in [-0.25, -0.2) is 0 Å². The van der Waals surface area contributed by atoms with Crippen LogP contribution in [0.25, 0.3) is 6.08 Å². The molecule has 0 radical (unpaired) electrons. The van der Waals surface area contributed by atoms with Crippen LogP contribution in [-0.2, 0) is 6.42 Å². The third-order valence-corrected chi connectivity index (χ3v) is 3.19. The summed E-state index contributed by atoms with van der Waals surface area (Å²) in [5, 5.41) is 3.23. The standard InChI is InChI=1S/C15H21NO/c1-11(2)14(10-16-3)9-12-4-5-15-13(8-12)6-7-17-15/h4-5,8-9,11,16H,6-7,10H2,1-3H3. The first-order valence-electron chi connectivity index (χ1n) is 6.31. The van der Waals surface area contributed by atoms with Gasteiger partial charge >= 0.3 is 0 Å². The first-order chi connectivity index (χ1) is 8.20. The van der Waals surface area contributed by atoms with Crippen LogP contribution in [0.4, 0.5) is 0 Å². The molecule has 1 aromatic carbocycles. The lowest BCUT2D eigenvalue weighted by atomic mass is 9.99. The molecule has 1 aromatic rings. The highest BCUT2D eigenvalue weighted by atomic mass is 16.5. The minimum Gasteiger partial charge on any atom is -0.493 e. The van der Waals surface area contributed by atoms with Crippen molar-refractivity contribution in [2.24, 2.45) is 5.92 Å². The molecule has 0 fully saturated rings. The van der Waals surface area contributed by atoms with Gasteiger partial charge in [-0.1, -0.05) is 31.6 Å². The Morgan fingerprint density at radius 3 is 3.00 bits per heavy atom. The molecule has 0 unspecified atom stereocenters. The molecule has 1 N–H and O–H groups in total. The summed E-state index contributed by atoms with van der Waals surface area (Å²) in [7, 11) is 1.99. The van der Waals surface area contributed by atoms with Gasteiger partial charge in [-0.2, -0.15) is 0 Å². The normalized spacial score (nSPS) is 14.9. The fourth-order valence-electron chi connectivity index (χ4n) is 2.14. The van der Waals surface area contributed by atoms with Crippen LogP contribution >= 0.6 is 0 Å². The average Bonchev–Trinajstić information content (AvgIpc) is 2.75. The van der Waals surface area contributed by atoms with Gasteiger partial charge in [-0.15, -0.1) is 0 Å². The topological polar surface area (TPSA) is 21.3 Å². The first-order valence-corrected chi connectivity index (χ1v) is 6.31. The highest BCUT2D eigenvalue weighted by Crippen LogP contribution is 2.27. The van der Waals surface area contributed by atoms with Crippen molar-refractivity contribution < 1.29 is 4.74 Å². The molecule has 1 heterocycles. The summed E-state index contributed by atoms with van der Waals surface area (Å²) in [5.41, 5.74) is 4.06. The first kappa shape index (κ1) is 12.2. The molecule has 2 heteroatoms. The Morgan fingerprint density at radius 1 is 1.47 bits per heavy atom. The number of benzene rings is 1. The molecule has 0 saturated carbocycles. The second kappa shape index (κ2) is 5.37. The predicted molar refractivity (Wildman–Crippen MR) is 72.4 cm³/mol. The Hall–Kier alpha value is -1.28. The minimum atomic E-state index is 0.576. The lowest BCUT2D eigenvalue weighted by Crippen LogP contribution is -2.13. The number of fused-ring (bicyclic) bond motifs is 1. The van der Waals surface area contributed by atoms with E-state index in [2.05, 4.69) is 43.4 Å². The Kier molecular flexibility index (Phi) is 3.85. The van der Waals surface area contributed by atoms with Crippen molar-refractivity contribution >= 4 is 6.08 Å². The number of hydrogen-bond acceptors (Lipinski definition) is 2. The molecule has 17 heavy (non-hydrogen) atoms. The molecule has 1 aliphatic heterocycles. The van der Waals surface area contributed by atoms with E-state index < -0.39 is 0 Å². The Morgan fingerprint density at radius 2 is 2.29 bits per heavy atom. The van der Waals surface area contributed by atoms with Crippen molar-refractivity contribution in [2.45, 2.75) is 20.3 Å². The van der Waals surface area contributed by atoms with Crippen molar-refractivity contribution in [2.75, 3.05) is 20.2 Å². The van der Waals surface area contributed by atoms with Crippen LogP contribution in [-0.4, -0.2) is 20.2 Å². The second-order valence-corrected chi connectivity index (χ2v) is 4.87. The number of likely N-dealkylation sites (N-methyl/N-ethyl adjacent to an activating group) is 1. The van der Waals surface area contributed by atoms with E-state index in [0.29, 0.717) is 5.92 Å². The molecule has 2 nitrogen and oxygen atoms in total. The van der Waals surface area contributed by atoms with Gasteiger partial charge in [0.15, 0.2) is 0 Å². The van der Waals surface area contributed by atoms with Crippen molar-refractivity contribution in [3.63, 3.8) is 0 Å². The SMILES string of the molecule is CNCC(=Cc1ccc2c(c1)CCO2)C(C)C. The van der Waals surface area contributed by atoms with Gasteiger partial charge in [0.25, 0.3) is 0 Å². The van der Waals surface area contributed by atoms with Crippen LogP contribution in [0, 0.1) is 5.92 Å². The van der Waals surface area contributed by atoms with Gasteiger partial charge in [0.1, 0.15) is 5.75 Å². The summed E-state index contributed by atoms with van der Waals surface area (Å²) < 4.78 is 5.52. The van der Waals surface area contributed by atoms with E-state index in [9.17, 15) is 0 Å². The van der Waals surface area contributed by atoms with Crippen LogP contribution in [0.2, 0.25) is 0 Å². The van der Waals surface area contributed by atoms with Crippen LogP contribution in [0.1, 0.15) is 25.0 Å². The maximum atomic E-state index is 5.52. The molecule has 0 aromatic heterocycles. The monoisotopic (exact) mass is 231 g/mol. The maximum Gasteiger partial charge on any atom is 0.122 e. The third kappa shape index (κ3) is 2.89. The maximum absolute atomic E-state index is 5.52. The fraction of sp³-hybridized carbons (Fsp3) is 0.467. The molecule has 0 atom stereocenters. The van der Waals surface area contributed by atoms with E-state index in [4.69, 9.17) is 4.74 Å². The summed E-state index contributed by atoms with van der Waals surface area (Å²) >= 11 is 0. The number of ether oxygens (including phenoxy) is 1. The van der Waals surface area contributed by atoms with E-state index >= 15 is 0 Å². The lowest BCUT2D eigenvalue weighted by molar-refractivity contribution is 0.357. The van der Waals surface area contributed by atoms with Gasteiger partial charge in [0.2, 0.25) is 0 Å². The third-order valence-electron chi connectivity index (χ3n) is 3.19. The Labute approximate surface area is 104 Å². The van der Waals surface area contributed by atoms with Gasteiger partial charge in [-0.05, 0) is 36.2 Å². The van der Waals surface area contributed by atoms with Crippen LogP contribution in [0.15, 0.2) is 23.8 Å². The van der Waals surface area contributed by atoms with Gasteiger partial charge < -0.3 is 10.1 Å². The number of nitrogens with one attached hydrogen (secondary N) is 1. The van der Waals surface area contributed by atoms with Gasteiger partial charge in [0.05, 0.1) is 6.61 Å². The number of hydrogen-bond donors (Lipinski definition) is 1. The zero-order chi connectivity index (χ0) is 12.3. The highest BCUT2D eigenvalue weighted by Gasteiger charge is 2.11. The van der Waals surface area contributed by atoms with Crippen molar-refractivity contribution in [1.82, 2.24) is 5.32 Å². The number of rotatable bonds is 4. The summed E-state index contributed by atoms with van der Waals surface area (Å²) in [4.78, 5) is 0. The molecule has 0 amide bonds. The molecule has 1 aliphatic rings. The van der Waals surface area contributed by atoms with Gasteiger partial charge in [0, 0.05) is 13.0 Å². The summed E-state index contributed by atoms with van der Waals surface area (Å²) in [5.74, 6) is 1.63. The van der Waals surface area contributed by atoms with Gasteiger partial charge in [-0.3, -0.25) is 0 Å². The summed E-state index contributed by atoms with van der Waals surface area (Å²) in [6, 6.07) is 6.48. The summed E-state index contributed by atoms with van der Waals surface area (Å²) in [6.45, 7) is 6.25. The van der Waals surface area contributed by atoms with E-state index in [-0.39, 0.29) is 0 Å². The largest absolute Gasteiger partial charge is 0.493 e. The molecular weight excluding hydrogens is 210 g/mol. The van der Waals surface area contributed by atoms with E-state index in [1.807, 2.05) is 7.05 Å². The Bertz CT molecular complexity index is 421. The highest BCUT2D eigenvalue weighted by molar-refractivity contribution is 5.57. The van der Waals surface area contributed by atoms with Crippen molar-refractivity contribution in [3.05, 3.63) is 34.9 Å². The molecule has 0 spiro atoms. The average molecular weight is 231 g/mol. The fourth-order valence-corrected chi connectivity index (χ4v) is 2.14. The Balaban J connectivity index is 2.24. The summed E-state index contributed by atoms with van der Waals surface area (Å²) in [6.07, 6.45) is 3.33. The lowest BCUT2D eigenvalue weighted by Gasteiger charge is -2.11. The molecule has 92 valence electrons. The zero-order valence-electron chi connectivity index (χ0n) is 10.9. The van der Waals surface area contributed by atoms with E-state index in [1.54, 1.807) is 0 Å². The molecule has 0 bridgehead atoms. The quantitative estimate of drug-likeness (QED) is 0.860. The predicted octanol–water partition coefficient (Wildman–Crippen LogP) is 2.88. The smallest absolute Gasteiger partial charge is 0.122 e. The zero-order valence-corrected chi connectivity index (χ0v) is 10.9. The molecular formula is C15H21NO. The van der Waals surface area contributed by atoms with E-state index in [0.717, 1.165) is 25.3 Å². The van der Waals surface area contributed by atoms with Crippen LogP contribution < -0.4 is 10.1 Å². The minimum absolute atomic E-state index is 0.576. The molecule has 2 rings (SSSR count). The van der Waals surface area contributed by atoms with Crippen LogP contribution in [0.3, 0.4) is 0 Å².